The summed E-state index contributed by atoms with van der Waals surface area (Å²) in [5, 5.41) is 7.69. The molecule has 1 aromatic carbocycles. The van der Waals surface area contributed by atoms with Crippen LogP contribution in [-0.4, -0.2) is 32.4 Å². The van der Waals surface area contributed by atoms with Gasteiger partial charge in [0, 0.05) is 41.3 Å². The molecular formula is C23H25F2N5O. The Bertz CT molecular complexity index is 1180. The molecule has 3 heterocycles. The Morgan fingerprint density at radius 3 is 2.71 bits per heavy atom. The van der Waals surface area contributed by atoms with Crippen LogP contribution >= 0.6 is 0 Å². The Hall–Kier alpha value is -3.42. The number of nitrogens with zero attached hydrogens (tertiary/aromatic N) is 4. The van der Waals surface area contributed by atoms with Crippen LogP contribution in [0.2, 0.25) is 0 Å². The van der Waals surface area contributed by atoms with Crippen molar-refractivity contribution in [3.63, 3.8) is 0 Å². The summed E-state index contributed by atoms with van der Waals surface area (Å²) in [6.45, 7) is 5.44. The van der Waals surface area contributed by atoms with Gasteiger partial charge in [-0.25, -0.2) is 18.3 Å². The van der Waals surface area contributed by atoms with Crippen molar-refractivity contribution >= 4 is 11.5 Å². The molecule has 0 spiro atoms. The highest BCUT2D eigenvalue weighted by Crippen LogP contribution is 2.30. The molecule has 0 aliphatic rings. The fraction of sp³-hybridized carbons (Fsp3) is 0.304. The van der Waals surface area contributed by atoms with Crippen molar-refractivity contribution in [2.45, 2.75) is 32.9 Å². The van der Waals surface area contributed by atoms with Gasteiger partial charge in [0.05, 0.1) is 12.2 Å². The zero-order chi connectivity index (χ0) is 22.0. The van der Waals surface area contributed by atoms with Gasteiger partial charge in [0.2, 0.25) is 0 Å². The smallest absolute Gasteiger partial charge is 0.165 e. The molecule has 4 aromatic rings. The maximum absolute atomic E-state index is 13.8. The number of alkyl halides is 1. The van der Waals surface area contributed by atoms with E-state index in [0.29, 0.717) is 28.8 Å². The van der Waals surface area contributed by atoms with E-state index in [4.69, 9.17) is 9.72 Å². The van der Waals surface area contributed by atoms with Gasteiger partial charge in [-0.2, -0.15) is 5.10 Å². The van der Waals surface area contributed by atoms with Crippen molar-refractivity contribution in [2.75, 3.05) is 18.6 Å². The molecule has 1 unspecified atom stereocenters. The van der Waals surface area contributed by atoms with Crippen molar-refractivity contribution in [3.05, 3.63) is 66.5 Å². The normalized spacial score (nSPS) is 12.5. The number of halogens is 2. The highest BCUT2D eigenvalue weighted by Gasteiger charge is 2.16. The van der Waals surface area contributed by atoms with Crippen LogP contribution in [0, 0.1) is 5.82 Å². The molecule has 4 rings (SSSR count). The van der Waals surface area contributed by atoms with E-state index >= 15 is 0 Å². The molecule has 8 heteroatoms. The molecule has 1 N–H and O–H groups in total. The summed E-state index contributed by atoms with van der Waals surface area (Å²) in [5.74, 6) is 0.679. The van der Waals surface area contributed by atoms with Gasteiger partial charge in [0.15, 0.2) is 5.65 Å². The first-order valence-corrected chi connectivity index (χ1v) is 10.2. The zero-order valence-corrected chi connectivity index (χ0v) is 17.7. The lowest BCUT2D eigenvalue weighted by Crippen LogP contribution is -2.11. The van der Waals surface area contributed by atoms with Crippen LogP contribution in [0.5, 0.6) is 5.75 Å². The molecule has 0 radical (unpaired) electrons. The number of nitrogens with one attached hydrogen (secondary N) is 1. The Kier molecular flexibility index (Phi) is 5.88. The standard InChI is InChI=1S/C23H25F2N5O/c1-15(2)29-9-6-17(14-29)20-13-26-30-10-7-22(28-23(20)30)27-16(3)19-12-18(25)4-5-21(19)31-11-8-24/h4-7,9-10,12-16H,8,11H2,1-3H3,(H,27,28). The minimum atomic E-state index is -0.612. The van der Waals surface area contributed by atoms with Crippen LogP contribution in [0.25, 0.3) is 16.8 Å². The third-order valence-corrected chi connectivity index (χ3v) is 5.13. The molecular weight excluding hydrogens is 400 g/mol. The summed E-state index contributed by atoms with van der Waals surface area (Å²) in [6, 6.07) is 8.11. The first kappa shape index (κ1) is 20.8. The molecule has 6 nitrogen and oxygen atoms in total. The van der Waals surface area contributed by atoms with Crippen LogP contribution in [-0.2, 0) is 0 Å². The summed E-state index contributed by atoms with van der Waals surface area (Å²) in [5.41, 5.74) is 3.27. The van der Waals surface area contributed by atoms with Crippen LogP contribution < -0.4 is 10.1 Å². The lowest BCUT2D eigenvalue weighted by atomic mass is 10.1. The highest BCUT2D eigenvalue weighted by molar-refractivity contribution is 5.77. The van der Waals surface area contributed by atoms with E-state index in [-0.39, 0.29) is 18.5 Å². The van der Waals surface area contributed by atoms with Crippen LogP contribution in [0.15, 0.2) is 55.1 Å². The predicted molar refractivity (Wildman–Crippen MR) is 117 cm³/mol. The van der Waals surface area contributed by atoms with Gasteiger partial charge in [-0.15, -0.1) is 0 Å². The number of hydrogen-bond donors (Lipinski definition) is 1. The average molecular weight is 425 g/mol. The highest BCUT2D eigenvalue weighted by atomic mass is 19.1. The third kappa shape index (κ3) is 4.38. The number of hydrogen-bond acceptors (Lipinski definition) is 4. The van der Waals surface area contributed by atoms with Gasteiger partial charge in [-0.3, -0.25) is 0 Å². The van der Waals surface area contributed by atoms with Gasteiger partial charge in [0.25, 0.3) is 0 Å². The lowest BCUT2D eigenvalue weighted by molar-refractivity contribution is 0.270. The Balaban J connectivity index is 1.63. The van der Waals surface area contributed by atoms with Crippen molar-refractivity contribution in [1.29, 1.82) is 0 Å². The first-order valence-electron chi connectivity index (χ1n) is 10.2. The Morgan fingerprint density at radius 2 is 1.97 bits per heavy atom. The molecule has 3 aromatic heterocycles. The molecule has 0 bridgehead atoms. The SMILES string of the molecule is CC(Nc1ccn2ncc(-c3ccn(C(C)C)c3)c2n1)c1cc(F)ccc1OCCF. The quantitative estimate of drug-likeness (QED) is 0.408. The largest absolute Gasteiger partial charge is 0.490 e. The second-order valence-corrected chi connectivity index (χ2v) is 7.67. The number of fused-ring (bicyclic) bond motifs is 1. The first-order chi connectivity index (χ1) is 15.0. The molecule has 0 aliphatic heterocycles. The minimum absolute atomic E-state index is 0.0786. The number of benzene rings is 1. The summed E-state index contributed by atoms with van der Waals surface area (Å²) >= 11 is 0. The van der Waals surface area contributed by atoms with Gasteiger partial charge >= 0.3 is 0 Å². The van der Waals surface area contributed by atoms with E-state index in [1.165, 1.54) is 18.2 Å². The van der Waals surface area contributed by atoms with Crippen LogP contribution in [0.3, 0.4) is 0 Å². The van der Waals surface area contributed by atoms with E-state index in [1.807, 2.05) is 25.4 Å². The Labute approximate surface area is 179 Å². The monoisotopic (exact) mass is 425 g/mol. The van der Waals surface area contributed by atoms with E-state index in [1.54, 1.807) is 16.8 Å². The molecule has 1 atom stereocenters. The fourth-order valence-corrected chi connectivity index (χ4v) is 3.48. The van der Waals surface area contributed by atoms with Gasteiger partial charge in [-0.05, 0) is 51.1 Å². The maximum atomic E-state index is 13.8. The van der Waals surface area contributed by atoms with Crippen molar-refractivity contribution in [2.24, 2.45) is 0 Å². The number of ether oxygens (including phenoxy) is 1. The summed E-state index contributed by atoms with van der Waals surface area (Å²) < 4.78 is 35.7. The number of anilines is 1. The van der Waals surface area contributed by atoms with Crippen molar-refractivity contribution in [1.82, 2.24) is 19.2 Å². The second-order valence-electron chi connectivity index (χ2n) is 7.67. The number of rotatable bonds is 8. The molecule has 162 valence electrons. The molecule has 0 aliphatic carbocycles. The van der Waals surface area contributed by atoms with Crippen LogP contribution in [0.1, 0.15) is 38.4 Å². The topological polar surface area (TPSA) is 56.4 Å². The molecule has 31 heavy (non-hydrogen) atoms. The minimum Gasteiger partial charge on any atom is -0.490 e. The van der Waals surface area contributed by atoms with Gasteiger partial charge in [-0.1, -0.05) is 0 Å². The maximum Gasteiger partial charge on any atom is 0.165 e. The van der Waals surface area contributed by atoms with Crippen molar-refractivity contribution < 1.29 is 13.5 Å². The molecule has 0 saturated heterocycles. The summed E-state index contributed by atoms with van der Waals surface area (Å²) in [7, 11) is 0. The predicted octanol–water partition coefficient (Wildman–Crippen LogP) is 5.44. The lowest BCUT2D eigenvalue weighted by Gasteiger charge is -2.19. The Morgan fingerprint density at radius 1 is 1.13 bits per heavy atom. The molecule has 0 fully saturated rings. The second kappa shape index (κ2) is 8.75. The average Bonchev–Trinajstić information content (AvgIpc) is 3.39. The van der Waals surface area contributed by atoms with Crippen LogP contribution in [0.4, 0.5) is 14.6 Å². The van der Waals surface area contributed by atoms with E-state index < -0.39 is 6.67 Å². The van der Waals surface area contributed by atoms with E-state index in [2.05, 4.69) is 35.0 Å². The van der Waals surface area contributed by atoms with E-state index in [0.717, 1.165) is 11.1 Å². The van der Waals surface area contributed by atoms with Gasteiger partial charge < -0.3 is 14.6 Å². The third-order valence-electron chi connectivity index (χ3n) is 5.13. The number of aromatic nitrogens is 4. The molecule has 0 saturated carbocycles. The van der Waals surface area contributed by atoms with Gasteiger partial charge in [0.1, 0.15) is 30.7 Å². The van der Waals surface area contributed by atoms with Crippen molar-refractivity contribution in [3.8, 4) is 16.9 Å². The summed E-state index contributed by atoms with van der Waals surface area (Å²) in [6.07, 6.45) is 7.74. The fourth-order valence-electron chi connectivity index (χ4n) is 3.48. The summed E-state index contributed by atoms with van der Waals surface area (Å²) in [4.78, 5) is 4.73. The molecule has 0 amide bonds. The zero-order valence-electron chi connectivity index (χ0n) is 17.7. The van der Waals surface area contributed by atoms with E-state index in [9.17, 15) is 8.78 Å².